The van der Waals surface area contributed by atoms with E-state index in [4.69, 9.17) is 9.90 Å². The molecule has 188 valence electrons. The van der Waals surface area contributed by atoms with Crippen LogP contribution in [0.3, 0.4) is 0 Å². The van der Waals surface area contributed by atoms with E-state index in [1.54, 1.807) is 17.8 Å². The second-order valence-electron chi connectivity index (χ2n) is 9.22. The Morgan fingerprint density at radius 3 is 2.78 bits per heavy atom. The van der Waals surface area contributed by atoms with Crippen LogP contribution < -0.4 is 30.9 Å². The minimum Gasteiger partial charge on any atom is -0.542 e. The van der Waals surface area contributed by atoms with Crippen LogP contribution in [-0.4, -0.2) is 70.9 Å². The van der Waals surface area contributed by atoms with E-state index in [1.807, 2.05) is 6.21 Å². The summed E-state index contributed by atoms with van der Waals surface area (Å²) < 4.78 is 33.7. The van der Waals surface area contributed by atoms with Crippen molar-refractivity contribution in [1.29, 1.82) is 0 Å². The van der Waals surface area contributed by atoms with Gasteiger partial charge in [0.05, 0.1) is 39.8 Å². The second kappa shape index (κ2) is 7.32. The van der Waals surface area contributed by atoms with E-state index in [-0.39, 0.29) is 29.5 Å². The zero-order valence-corrected chi connectivity index (χ0v) is 19.0. The maximum absolute atomic E-state index is 13.3. The summed E-state index contributed by atoms with van der Waals surface area (Å²) in [4.78, 5) is 38.9. The zero-order chi connectivity index (χ0) is 25.7. The van der Waals surface area contributed by atoms with Crippen molar-refractivity contribution < 1.29 is 42.9 Å². The van der Waals surface area contributed by atoms with Crippen LogP contribution in [0.25, 0.3) is 5.57 Å². The van der Waals surface area contributed by atoms with E-state index >= 15 is 0 Å². The highest BCUT2D eigenvalue weighted by molar-refractivity contribution is 8.04. The summed E-state index contributed by atoms with van der Waals surface area (Å²) >= 11 is 1.62. The quantitative estimate of drug-likeness (QED) is 0.274. The van der Waals surface area contributed by atoms with Gasteiger partial charge in [0.15, 0.2) is 5.75 Å². The van der Waals surface area contributed by atoms with Crippen molar-refractivity contribution in [3.05, 3.63) is 27.1 Å². The summed E-state index contributed by atoms with van der Waals surface area (Å²) in [5.41, 5.74) is 2.86. The highest BCUT2D eigenvalue weighted by Crippen LogP contribution is 2.62. The third-order valence-electron chi connectivity index (χ3n) is 7.42. The molecule has 4 unspecified atom stereocenters. The maximum atomic E-state index is 13.3. The topological polar surface area (TPSA) is 154 Å². The fourth-order valence-corrected chi connectivity index (χ4v) is 7.79. The van der Waals surface area contributed by atoms with Gasteiger partial charge in [-0.1, -0.05) is 0 Å². The van der Waals surface area contributed by atoms with Gasteiger partial charge in [-0.15, -0.1) is 11.8 Å². The molecule has 0 radical (unpaired) electrons. The number of nitrogens with zero attached hydrogens (tertiary/aromatic N) is 2. The third-order valence-corrected chi connectivity index (χ3v) is 8.73. The Bertz CT molecular complexity index is 1490. The fourth-order valence-electron chi connectivity index (χ4n) is 6.25. The number of fused-ring (bicyclic) bond motifs is 3. The lowest BCUT2D eigenvalue weighted by Crippen LogP contribution is -2.73. The number of ketones is 1. The molecule has 6 aliphatic rings. The number of rotatable bonds is 3. The van der Waals surface area contributed by atoms with Gasteiger partial charge >= 0.3 is 12.1 Å². The van der Waals surface area contributed by atoms with Crippen LogP contribution in [0.5, 0.6) is 5.75 Å². The van der Waals surface area contributed by atoms with Crippen molar-refractivity contribution in [3.8, 4) is 5.75 Å². The molecule has 1 saturated heterocycles. The lowest BCUT2D eigenvalue weighted by Gasteiger charge is -2.48. The number of carbonyl (C=O) groups excluding carboxylic acids is 2. The first kappa shape index (κ1) is 23.0. The number of hydrogen-bond donors (Lipinski definition) is 4. The molecule has 0 aromatic heterocycles. The van der Waals surface area contributed by atoms with Crippen molar-refractivity contribution in [2.45, 2.75) is 41.9 Å². The number of aromatic hydroxyl groups is 1. The summed E-state index contributed by atoms with van der Waals surface area (Å²) in [5, 5.41) is 37.9. The number of phenolic OH excluding ortho intramolecular Hbond substituents is 1. The van der Waals surface area contributed by atoms with Crippen molar-refractivity contribution in [2.75, 3.05) is 18.4 Å². The Morgan fingerprint density at radius 2 is 2.11 bits per heavy atom. The number of phenols is 1. The normalized spacial score (nSPS) is 29.4. The first-order valence-corrected chi connectivity index (χ1v) is 11.9. The average Bonchev–Trinajstić information content (AvgIpc) is 3.34. The Balaban J connectivity index is 0.000000305. The molecule has 0 amide bonds. The summed E-state index contributed by atoms with van der Waals surface area (Å²) in [6.07, 6.45) is -0.107. The number of anilines is 1. The van der Waals surface area contributed by atoms with Crippen molar-refractivity contribution in [2.24, 2.45) is 4.99 Å². The van der Waals surface area contributed by atoms with Gasteiger partial charge in [0.1, 0.15) is 18.2 Å². The highest BCUT2D eigenvalue weighted by atomic mass is 32.2. The minimum atomic E-state index is -5.19. The molecule has 1 aliphatic carbocycles. The Labute approximate surface area is 203 Å². The number of carboxylic acids is 2. The number of hydrogen-bond acceptors (Lipinski definition) is 9. The summed E-state index contributed by atoms with van der Waals surface area (Å²) in [6, 6.07) is -0.801. The van der Waals surface area contributed by atoms with Crippen LogP contribution in [0.4, 0.5) is 24.5 Å². The molecule has 4 N–H and O–H groups in total. The first-order valence-electron chi connectivity index (χ1n) is 11.0. The Hall–Kier alpha value is -3.39. The number of halogens is 3. The molecule has 14 heteroatoms. The van der Waals surface area contributed by atoms with E-state index in [1.165, 1.54) is 0 Å². The molecule has 10 nitrogen and oxygen atoms in total. The molecule has 1 fully saturated rings. The van der Waals surface area contributed by atoms with Gasteiger partial charge in [-0.2, -0.15) is 13.2 Å². The van der Waals surface area contributed by atoms with Crippen LogP contribution in [0.2, 0.25) is 0 Å². The number of nitrogens with one attached hydrogen (secondary N) is 2. The molecule has 7 rings (SSSR count). The number of carboxylic acid groups (broad SMARTS) is 2. The van der Waals surface area contributed by atoms with Crippen molar-refractivity contribution >= 4 is 52.6 Å². The molecule has 3 bridgehead atoms. The third kappa shape index (κ3) is 2.88. The summed E-state index contributed by atoms with van der Waals surface area (Å²) in [6.45, 7) is 0.463. The van der Waals surface area contributed by atoms with Crippen molar-refractivity contribution in [1.82, 2.24) is 9.89 Å². The van der Waals surface area contributed by atoms with Gasteiger partial charge in [-0.3, -0.25) is 19.9 Å². The number of benzene rings is 1. The average molecular weight is 522 g/mol. The number of alkyl halides is 3. The molecule has 4 atom stereocenters. The molecule has 0 saturated carbocycles. The lowest BCUT2D eigenvalue weighted by molar-refractivity contribution is -0.344. The second-order valence-corrected chi connectivity index (χ2v) is 10.5. The van der Waals surface area contributed by atoms with E-state index in [0.29, 0.717) is 17.9 Å². The minimum absolute atomic E-state index is 0.0185. The highest BCUT2D eigenvalue weighted by Gasteiger charge is 2.67. The van der Waals surface area contributed by atoms with E-state index in [2.05, 4.69) is 20.2 Å². The molecule has 36 heavy (non-hydrogen) atoms. The number of aliphatic imine (C=N–C) groups is 1. The Morgan fingerprint density at radius 1 is 1.39 bits per heavy atom. The number of aliphatic carboxylic acids is 2. The number of carbonyl (C=O) groups is 3. The van der Waals surface area contributed by atoms with Gasteiger partial charge in [0.25, 0.3) is 0 Å². The van der Waals surface area contributed by atoms with Crippen LogP contribution in [0.1, 0.15) is 18.4 Å². The van der Waals surface area contributed by atoms with Crippen LogP contribution in [0.15, 0.2) is 16.0 Å². The molecular weight excluding hydrogens is 505 g/mol. The predicted octanol–water partition coefficient (Wildman–Crippen LogP) is -1.53. The maximum Gasteiger partial charge on any atom is 0.430 e. The summed E-state index contributed by atoms with van der Waals surface area (Å²) in [7, 11) is 0. The fraction of sp³-hybridized carbons (Fsp3) is 0.409. The monoisotopic (exact) mass is 522 g/mol. The predicted molar refractivity (Wildman–Crippen MR) is 118 cm³/mol. The molecular formula is C22H17F3N4O6S. The standard InChI is InChI=1S/C20H16N4O4S.C2HF3O2/c25-8-3-9-20-4-10(29-9)23-15-13(20)17-12-7(5-21-14(12)18(15)28)1-2-24(17)16(8)19(20)22-6-11(26)27;3-2(4,5)1(6)7/h3,5,10,16,19,22H,1-2,4,6H2,(H2,21,23,26,27,28);(H,6,7). The molecule has 5 aliphatic heterocycles. The van der Waals surface area contributed by atoms with Gasteiger partial charge in [-0.05, 0) is 18.1 Å². The number of thioether (sulfide) groups is 1. The van der Waals surface area contributed by atoms with Gasteiger partial charge < -0.3 is 25.4 Å². The van der Waals surface area contributed by atoms with Gasteiger partial charge in [0, 0.05) is 17.5 Å². The van der Waals surface area contributed by atoms with E-state index < -0.39 is 29.6 Å². The Kier molecular flexibility index (Phi) is 4.68. The van der Waals surface area contributed by atoms with Crippen LogP contribution >= 0.6 is 11.8 Å². The van der Waals surface area contributed by atoms with Gasteiger partial charge in [0.2, 0.25) is 17.2 Å². The smallest absolute Gasteiger partial charge is 0.430 e. The molecule has 1 aromatic carbocycles. The van der Waals surface area contributed by atoms with Gasteiger partial charge in [-0.25, -0.2) is 4.58 Å². The summed E-state index contributed by atoms with van der Waals surface area (Å²) in [5.74, 6) is -3.78. The van der Waals surface area contributed by atoms with E-state index in [0.717, 1.165) is 39.5 Å². The lowest BCUT2D eigenvalue weighted by atomic mass is 9.61. The molecule has 1 aromatic rings. The van der Waals surface area contributed by atoms with Crippen molar-refractivity contribution in [3.63, 3.8) is 0 Å². The zero-order valence-electron chi connectivity index (χ0n) is 18.2. The van der Waals surface area contributed by atoms with Crippen LogP contribution in [-0.2, 0) is 19.8 Å². The molecule has 1 spiro atoms. The first-order chi connectivity index (χ1) is 16.9. The van der Waals surface area contributed by atoms with E-state index in [9.17, 15) is 33.0 Å². The SMILES string of the molecule is O=C(O)CNC1C2C(=O)C=C3SC4CC31c1c(c(O)c3c5c1=[N+]2CCC=5C=N3)N4.O=C([O-])C(F)(F)F. The molecule has 5 heterocycles. The van der Waals surface area contributed by atoms with Crippen LogP contribution in [0, 0.1) is 0 Å². The largest absolute Gasteiger partial charge is 0.542 e.